The number of aryl methyl sites for hydroxylation is 1. The van der Waals surface area contributed by atoms with E-state index >= 15 is 0 Å². The maximum Gasteiger partial charge on any atom is 0.417 e. The molecule has 2 aromatic carbocycles. The molecule has 2 aliphatic heterocycles. The molecule has 2 heterocycles. The average molecular weight is 1480 g/mol. The molecule has 0 bridgehead atoms. The van der Waals surface area contributed by atoms with Gasteiger partial charge in [0, 0.05) is 302 Å². The fourth-order valence-corrected chi connectivity index (χ4v) is 10.9. The van der Waals surface area contributed by atoms with Gasteiger partial charge in [0.2, 0.25) is 20.0 Å². The summed E-state index contributed by atoms with van der Waals surface area (Å²) in [5, 5.41) is 0. The fourth-order valence-electron chi connectivity index (χ4n) is 6.54. The normalized spacial score (nSPS) is 9.38. The molecule has 0 aliphatic carbocycles. The summed E-state index contributed by atoms with van der Waals surface area (Å²) in [7, 11) is -8.46. The Morgan fingerprint density at radius 2 is 0.573 bits per heavy atom. The van der Waals surface area contributed by atoms with Crippen molar-refractivity contribution < 1.29 is 34.7 Å². The molecule has 2 aromatic rings. The van der Waals surface area contributed by atoms with Crippen molar-refractivity contribution in [3.8, 4) is 391 Å². The van der Waals surface area contributed by atoms with Crippen molar-refractivity contribution in [2.75, 3.05) is 26.2 Å². The van der Waals surface area contributed by atoms with Crippen LogP contribution in [-0.4, -0.2) is 57.4 Å². The van der Waals surface area contributed by atoms with E-state index in [-0.39, 0.29) is 48.5 Å². The molecule has 103 heavy (non-hydrogen) atoms. The minimum Gasteiger partial charge on any atom is -0.358 e. The van der Waals surface area contributed by atoms with E-state index in [1.165, 1.54) is 16.4 Å². The zero-order valence-electron chi connectivity index (χ0n) is 52.8. The molecule has 0 saturated carbocycles. The van der Waals surface area contributed by atoms with Gasteiger partial charge in [0.1, 0.15) is 5.72 Å². The molecular formula is C89H25Br2F3N2O5S2-2. The summed E-state index contributed by atoms with van der Waals surface area (Å²) >= 11 is 6.27. The zero-order valence-corrected chi connectivity index (χ0v) is 57.6. The van der Waals surface area contributed by atoms with E-state index in [0.717, 1.165) is 20.9 Å². The van der Waals surface area contributed by atoms with Crippen LogP contribution in [0.5, 0.6) is 0 Å². The second-order valence-corrected chi connectivity index (χ2v) is 22.2. The van der Waals surface area contributed by atoms with Crippen molar-refractivity contribution in [3.63, 3.8) is 0 Å². The summed E-state index contributed by atoms with van der Waals surface area (Å²) in [5.74, 6) is 164. The molecule has 1 spiro atoms. The number of nitrogens with zero attached hydrogens (tertiary/aromatic N) is 2. The Morgan fingerprint density at radius 3 is 0.796 bits per heavy atom. The van der Waals surface area contributed by atoms with E-state index in [0.29, 0.717) is 5.56 Å². The number of hydrogen-bond donors (Lipinski definition) is 0. The monoisotopic (exact) mass is 1480 g/mol. The van der Waals surface area contributed by atoms with E-state index in [4.69, 9.17) is 4.74 Å². The van der Waals surface area contributed by atoms with Crippen LogP contribution in [0.15, 0.2) is 55.1 Å². The second-order valence-electron chi connectivity index (χ2n) is 16.7. The number of piperidine rings is 1. The summed E-state index contributed by atoms with van der Waals surface area (Å²) in [5.41, 5.74) is -2.15. The van der Waals surface area contributed by atoms with Gasteiger partial charge in [0.15, 0.2) is 0 Å². The molecule has 0 amide bonds. The Bertz CT molecular complexity index is 6160. The van der Waals surface area contributed by atoms with Gasteiger partial charge in [-0.15, -0.1) is 11.8 Å². The topological polar surface area (TPSA) is 84.0 Å². The van der Waals surface area contributed by atoms with Crippen molar-refractivity contribution in [2.24, 2.45) is 0 Å². The lowest BCUT2D eigenvalue weighted by Gasteiger charge is -2.42. The van der Waals surface area contributed by atoms with E-state index in [9.17, 15) is 30.0 Å². The predicted octanol–water partition coefficient (Wildman–Crippen LogP) is 5.51. The quantitative estimate of drug-likeness (QED) is 0.299. The van der Waals surface area contributed by atoms with Crippen LogP contribution in [-0.2, 0) is 31.0 Å². The standard InChI is InChI=1S/C68H4.C21H21Br2F3N2O5S2/c1-3-5-7-9-11-13-15-17-19-21-23-25-27-29-31-33-35-37-39-41-43-45-47-49-51-53-55-57-59-61-63-65-67-68-66-64-62-60-58-56-54-52-50-48-46-44-42-40-38-36-34-32-30-28-26-24-22-20-18-16-14-12-10-8-6-4-2;1-14-12-15(22)2-4-18(14)34(29,30)27-8-6-20(7-9-27)28(10-11-33-20)35(31,32)19-5-3-16(23)13-17(19)21(24,25)26/h1-2H2;2-5,12-13H,6-11H2,1H3/q-2;. The molecule has 14 heteroatoms. The highest BCUT2D eigenvalue weighted by atomic mass is 79.9. The lowest BCUT2D eigenvalue weighted by atomic mass is 10.0. The molecule has 2 aliphatic rings. The maximum atomic E-state index is 13.7. The lowest BCUT2D eigenvalue weighted by molar-refractivity contribution is -0.140. The Morgan fingerprint density at radius 1 is 0.350 bits per heavy atom. The maximum absolute atomic E-state index is 13.7. The highest BCUT2D eigenvalue weighted by molar-refractivity contribution is 9.10. The van der Waals surface area contributed by atoms with Crippen LogP contribution in [0.4, 0.5) is 13.2 Å². The molecule has 0 atom stereocenters. The van der Waals surface area contributed by atoms with Crippen LogP contribution in [0.1, 0.15) is 24.0 Å². The highest BCUT2D eigenvalue weighted by Crippen LogP contribution is 2.43. The number of hydrogen-bond acceptors (Lipinski definition) is 5. The molecule has 7 nitrogen and oxygen atoms in total. The Hall–Kier alpha value is -15.8. The van der Waals surface area contributed by atoms with E-state index in [2.05, 4.69) is 436 Å². The van der Waals surface area contributed by atoms with E-state index in [1.807, 2.05) is 0 Å². The van der Waals surface area contributed by atoms with Gasteiger partial charge in [-0.1, -0.05) is 31.9 Å². The number of halogens is 5. The van der Waals surface area contributed by atoms with Gasteiger partial charge in [-0.05, 0) is 144 Å². The smallest absolute Gasteiger partial charge is 0.358 e. The van der Waals surface area contributed by atoms with Crippen LogP contribution >= 0.6 is 31.9 Å². The van der Waals surface area contributed by atoms with Crippen molar-refractivity contribution in [1.82, 2.24) is 8.61 Å². The Balaban J connectivity index is 0.000000649. The van der Waals surface area contributed by atoms with E-state index < -0.39 is 42.4 Å². The van der Waals surface area contributed by atoms with Crippen LogP contribution in [0.25, 0.3) is 0 Å². The first-order valence-electron chi connectivity index (χ1n) is 27.4. The first-order valence-corrected chi connectivity index (χ1v) is 31.9. The lowest BCUT2D eigenvalue weighted by Crippen LogP contribution is -2.55. The largest absolute Gasteiger partial charge is 0.417 e. The van der Waals surface area contributed by atoms with Crippen molar-refractivity contribution in [3.05, 3.63) is 70.3 Å². The molecule has 2 fully saturated rings. The van der Waals surface area contributed by atoms with Crippen LogP contribution in [0, 0.1) is 412 Å². The number of ether oxygens (including phenoxy) is 1. The first-order chi connectivity index (χ1) is 50.1. The van der Waals surface area contributed by atoms with Crippen molar-refractivity contribution >= 4 is 51.9 Å². The molecule has 0 aromatic heterocycles. The Kier molecular flexibility index (Phi) is 40.0. The minimum absolute atomic E-state index is 0.00429. The number of alkyl halides is 3. The van der Waals surface area contributed by atoms with Gasteiger partial charge in [0.25, 0.3) is 0 Å². The molecule has 0 N–H and O–H groups in total. The summed E-state index contributed by atoms with van der Waals surface area (Å²) in [6.45, 7) is 8.08. The predicted molar refractivity (Wildman–Crippen MR) is 396 cm³/mol. The summed E-state index contributed by atoms with van der Waals surface area (Å²) in [4.78, 5) is -0.725. The van der Waals surface area contributed by atoms with Crippen LogP contribution in [0.3, 0.4) is 0 Å². The van der Waals surface area contributed by atoms with Gasteiger partial charge in [0.05, 0.1) is 22.0 Å². The van der Waals surface area contributed by atoms with Crippen molar-refractivity contribution in [1.29, 1.82) is 0 Å². The third-order valence-electron chi connectivity index (χ3n) is 10.3. The Labute approximate surface area is 619 Å². The third kappa shape index (κ3) is 36.0. The molecule has 2 saturated heterocycles. The summed E-state index contributed by atoms with van der Waals surface area (Å²) in [6.07, 6.45) is -4.92. The summed E-state index contributed by atoms with van der Waals surface area (Å²) in [6, 6.07) is 7.69. The molecule has 0 unspecified atom stereocenters. The zero-order chi connectivity index (χ0) is 74.5. The number of benzene rings is 2. The second kappa shape index (κ2) is 50.6. The van der Waals surface area contributed by atoms with Gasteiger partial charge >= 0.3 is 6.18 Å². The van der Waals surface area contributed by atoms with Crippen LogP contribution < -0.4 is 0 Å². The van der Waals surface area contributed by atoms with Crippen LogP contribution in [0.2, 0.25) is 0 Å². The third-order valence-corrected chi connectivity index (χ3v) is 15.4. The molecular weight excluding hydrogens is 1460 g/mol. The number of rotatable bonds is 4. The van der Waals surface area contributed by atoms with Gasteiger partial charge in [-0.25, -0.2) is 28.7 Å². The minimum atomic E-state index is -4.89. The van der Waals surface area contributed by atoms with Crippen molar-refractivity contribution in [2.45, 2.75) is 41.5 Å². The molecule has 4 rings (SSSR count). The average Bonchev–Trinajstić information content (AvgIpc) is 1.70. The van der Waals surface area contributed by atoms with Gasteiger partial charge in [-0.2, -0.15) is 35.6 Å². The highest BCUT2D eigenvalue weighted by Gasteiger charge is 2.53. The molecule has 0 radical (unpaired) electrons. The van der Waals surface area contributed by atoms with Gasteiger partial charge in [-0.3, -0.25) is 11.8 Å². The summed E-state index contributed by atoms with van der Waals surface area (Å²) < 4.78 is 103. The van der Waals surface area contributed by atoms with Gasteiger partial charge < -0.3 is 4.74 Å². The first kappa shape index (κ1) is 81.4. The number of sulfonamides is 2. The SMILES string of the molecule is Cc1cc(Br)ccc1S(=O)(=O)N1CCC2(CC1)OCCN2S(=O)(=O)c1ccc(Br)cc1C(F)(F)F.[CH2-]C#CC#CC#CC#CC#CC#CC#CC#CC#CC#CC#CC#CC#CC#CC#CC#CC#CC#CC#CC#CC#CC#CC#CC#CC#CC#CC#CC#CC#CC#CC#CC#CC#C[CH2-]. The van der Waals surface area contributed by atoms with E-state index in [1.54, 1.807) is 19.1 Å². The fraction of sp³-hybridized carbons (Fsp3) is 0.101. The molecule has 470 valence electrons.